The van der Waals surface area contributed by atoms with Gasteiger partial charge in [0.05, 0.1) is 18.4 Å². The molecule has 2 aromatic heterocycles. The maximum atomic E-state index is 12.8. The number of carboxylic acids is 1. The maximum Gasteiger partial charge on any atom is 0.337 e. The number of aliphatic carboxylic acids is 1. The summed E-state index contributed by atoms with van der Waals surface area (Å²) in [5.41, 5.74) is 7.37. The minimum atomic E-state index is -1.13. The van der Waals surface area contributed by atoms with Crippen LogP contribution in [-0.2, 0) is 22.5 Å². The second kappa shape index (κ2) is 11.8. The van der Waals surface area contributed by atoms with Crippen LogP contribution in [0.15, 0.2) is 30.5 Å². The number of piperidine rings is 1. The van der Waals surface area contributed by atoms with E-state index in [9.17, 15) is 9.90 Å². The van der Waals surface area contributed by atoms with Crippen LogP contribution in [0.2, 0.25) is 0 Å². The first-order valence-electron chi connectivity index (χ1n) is 15.2. The van der Waals surface area contributed by atoms with Crippen LogP contribution in [-0.4, -0.2) is 58.4 Å². The van der Waals surface area contributed by atoms with Crippen molar-refractivity contribution >= 4 is 17.5 Å². The molecule has 0 bridgehead atoms. The maximum absolute atomic E-state index is 12.8. The van der Waals surface area contributed by atoms with Gasteiger partial charge in [-0.2, -0.15) is 4.98 Å². The van der Waals surface area contributed by atoms with Crippen molar-refractivity contribution in [2.75, 3.05) is 36.5 Å². The Kier molecular flexibility index (Phi) is 8.40. The number of aryl methyl sites for hydroxylation is 2. The van der Waals surface area contributed by atoms with Crippen LogP contribution in [0.4, 0.5) is 11.5 Å². The van der Waals surface area contributed by atoms with Crippen LogP contribution in [0, 0.1) is 19.3 Å². The van der Waals surface area contributed by atoms with Crippen LogP contribution in [0.5, 0.6) is 6.01 Å². The molecule has 3 aromatic rings. The average molecular weight is 588 g/mol. The number of carbonyl (C=O) groups is 1. The molecule has 0 radical (unpaired) electrons. The number of aromatic nitrogens is 3. The highest BCUT2D eigenvalue weighted by molar-refractivity contribution is 5.88. The lowest BCUT2D eigenvalue weighted by Gasteiger charge is -2.41. The molecule has 0 spiro atoms. The molecule has 1 atom stereocenters. The Balaban J connectivity index is 1.60. The SMILES string of the molecule is COc1nccc(N2CCc3cc(-c4c(C)nc(C)c([C@H](OC(C)(C)C)C(=O)O)c4N4CCC(C)(C)CC4)ccc3C2)n1. The first kappa shape index (κ1) is 30.7. The molecule has 1 saturated heterocycles. The summed E-state index contributed by atoms with van der Waals surface area (Å²) in [6.45, 7) is 17.5. The molecule has 1 aromatic carbocycles. The lowest BCUT2D eigenvalue weighted by molar-refractivity contribution is -0.160. The number of rotatable bonds is 7. The molecule has 2 aliphatic heterocycles. The summed E-state index contributed by atoms with van der Waals surface area (Å²) in [5.74, 6) is -0.154. The molecule has 1 N–H and O–H groups in total. The van der Waals surface area contributed by atoms with Gasteiger partial charge in [-0.15, -0.1) is 0 Å². The standard InChI is InChI=1S/C34H45N5O4/c1-21-27(24-9-10-25-20-39(16-12-23(25)19-24)26-11-15-35-32(37-26)42-8)29(38-17-13-34(6,7)14-18-38)28(22(2)36-21)30(31(40)41)43-33(3,4)5/h9-11,15,19,30H,12-14,16-18,20H2,1-8H3,(H,40,41)/t30-/m0/s1. The normalized spacial score (nSPS) is 17.4. The van der Waals surface area contributed by atoms with Gasteiger partial charge in [-0.3, -0.25) is 4.98 Å². The molecule has 4 heterocycles. The summed E-state index contributed by atoms with van der Waals surface area (Å²) in [5, 5.41) is 10.5. The van der Waals surface area contributed by atoms with Crippen molar-refractivity contribution in [2.24, 2.45) is 5.41 Å². The van der Waals surface area contributed by atoms with Crippen LogP contribution >= 0.6 is 0 Å². The number of benzene rings is 1. The third kappa shape index (κ3) is 6.61. The van der Waals surface area contributed by atoms with Crippen molar-refractivity contribution in [2.45, 2.75) is 86.0 Å². The largest absolute Gasteiger partial charge is 0.479 e. The van der Waals surface area contributed by atoms with E-state index in [1.54, 1.807) is 13.3 Å². The molecule has 5 rings (SSSR count). The topological polar surface area (TPSA) is 101 Å². The van der Waals surface area contributed by atoms with Gasteiger partial charge in [0.15, 0.2) is 6.10 Å². The summed E-state index contributed by atoms with van der Waals surface area (Å²) < 4.78 is 11.5. The van der Waals surface area contributed by atoms with Crippen molar-refractivity contribution in [3.05, 3.63) is 58.5 Å². The van der Waals surface area contributed by atoms with E-state index in [-0.39, 0.29) is 5.41 Å². The Morgan fingerprint density at radius 2 is 1.72 bits per heavy atom. The summed E-state index contributed by atoms with van der Waals surface area (Å²) in [6.07, 6.45) is 3.50. The second-order valence-corrected chi connectivity index (χ2v) is 13.6. The molecular weight excluding hydrogens is 542 g/mol. The number of methoxy groups -OCH3 is 1. The first-order chi connectivity index (χ1) is 20.3. The predicted molar refractivity (Wildman–Crippen MR) is 169 cm³/mol. The fourth-order valence-corrected chi connectivity index (χ4v) is 6.27. The summed E-state index contributed by atoms with van der Waals surface area (Å²) in [4.78, 5) is 31.0. The molecule has 0 saturated carbocycles. The van der Waals surface area contributed by atoms with Crippen molar-refractivity contribution < 1.29 is 19.4 Å². The predicted octanol–water partition coefficient (Wildman–Crippen LogP) is 6.29. The lowest BCUT2D eigenvalue weighted by Crippen LogP contribution is -2.39. The van der Waals surface area contributed by atoms with Gasteiger partial charge in [0.25, 0.3) is 0 Å². The van der Waals surface area contributed by atoms with Crippen LogP contribution in [0.25, 0.3) is 11.1 Å². The number of ether oxygens (including phenoxy) is 2. The molecule has 0 amide bonds. The van der Waals surface area contributed by atoms with Crippen LogP contribution in [0.3, 0.4) is 0 Å². The molecule has 1 fully saturated rings. The highest BCUT2D eigenvalue weighted by Crippen LogP contribution is 2.45. The number of hydrogen-bond donors (Lipinski definition) is 1. The van der Waals surface area contributed by atoms with Gasteiger partial charge in [0, 0.05) is 54.9 Å². The Morgan fingerprint density at radius 1 is 1.00 bits per heavy atom. The Morgan fingerprint density at radius 3 is 2.37 bits per heavy atom. The van der Waals surface area contributed by atoms with Crippen LogP contribution < -0.4 is 14.5 Å². The molecule has 9 heteroatoms. The number of pyridine rings is 1. The van der Waals surface area contributed by atoms with Gasteiger partial charge < -0.3 is 24.4 Å². The van der Waals surface area contributed by atoms with Gasteiger partial charge in [-0.1, -0.05) is 32.0 Å². The summed E-state index contributed by atoms with van der Waals surface area (Å²) >= 11 is 0. The first-order valence-corrected chi connectivity index (χ1v) is 15.2. The molecule has 43 heavy (non-hydrogen) atoms. The van der Waals surface area contributed by atoms with Gasteiger partial charge >= 0.3 is 12.0 Å². The smallest absolute Gasteiger partial charge is 0.337 e. The van der Waals surface area contributed by atoms with E-state index >= 15 is 0 Å². The van der Waals surface area contributed by atoms with E-state index in [0.717, 1.165) is 73.8 Å². The van der Waals surface area contributed by atoms with E-state index < -0.39 is 17.7 Å². The van der Waals surface area contributed by atoms with E-state index in [1.807, 2.05) is 40.7 Å². The van der Waals surface area contributed by atoms with Crippen molar-refractivity contribution in [1.29, 1.82) is 0 Å². The molecule has 230 valence electrons. The van der Waals surface area contributed by atoms with E-state index in [2.05, 4.69) is 51.8 Å². The lowest BCUT2D eigenvalue weighted by atomic mass is 9.81. The van der Waals surface area contributed by atoms with E-state index in [1.165, 1.54) is 11.1 Å². The monoisotopic (exact) mass is 587 g/mol. The number of anilines is 2. The zero-order valence-corrected chi connectivity index (χ0v) is 26.8. The van der Waals surface area contributed by atoms with E-state index in [4.69, 9.17) is 14.5 Å². The Bertz CT molecular complexity index is 1500. The van der Waals surface area contributed by atoms with Gasteiger partial charge in [-0.05, 0) is 82.1 Å². The Labute approximate surface area is 255 Å². The fourth-order valence-electron chi connectivity index (χ4n) is 6.27. The number of carboxylic acid groups (broad SMARTS) is 1. The fraction of sp³-hybridized carbons (Fsp3) is 0.529. The van der Waals surface area contributed by atoms with E-state index in [0.29, 0.717) is 17.3 Å². The highest BCUT2D eigenvalue weighted by atomic mass is 16.5. The molecule has 0 unspecified atom stereocenters. The average Bonchev–Trinajstić information content (AvgIpc) is 2.95. The van der Waals surface area contributed by atoms with Crippen molar-refractivity contribution in [1.82, 2.24) is 15.0 Å². The third-order valence-corrected chi connectivity index (χ3v) is 8.60. The van der Waals surface area contributed by atoms with Gasteiger partial charge in [0.1, 0.15) is 5.82 Å². The molecule has 2 aliphatic rings. The van der Waals surface area contributed by atoms with Crippen molar-refractivity contribution in [3.63, 3.8) is 0 Å². The van der Waals surface area contributed by atoms with Gasteiger partial charge in [0.2, 0.25) is 0 Å². The molecular formula is C34H45N5O4. The minimum absolute atomic E-state index is 0.243. The highest BCUT2D eigenvalue weighted by Gasteiger charge is 2.36. The number of fused-ring (bicyclic) bond motifs is 1. The Hall–Kier alpha value is -3.72. The zero-order chi connectivity index (χ0) is 31.1. The van der Waals surface area contributed by atoms with Crippen LogP contribution in [0.1, 0.15) is 81.6 Å². The third-order valence-electron chi connectivity index (χ3n) is 8.60. The van der Waals surface area contributed by atoms with Crippen molar-refractivity contribution in [3.8, 4) is 17.1 Å². The number of hydrogen-bond acceptors (Lipinski definition) is 8. The molecule has 0 aliphatic carbocycles. The minimum Gasteiger partial charge on any atom is -0.479 e. The van der Waals surface area contributed by atoms with Gasteiger partial charge in [-0.25, -0.2) is 9.78 Å². The summed E-state index contributed by atoms with van der Waals surface area (Å²) in [7, 11) is 1.58. The molecule has 9 nitrogen and oxygen atoms in total. The second-order valence-electron chi connectivity index (χ2n) is 13.6. The number of nitrogens with zero attached hydrogens (tertiary/aromatic N) is 5. The summed E-state index contributed by atoms with van der Waals surface area (Å²) in [6, 6.07) is 8.89. The quantitative estimate of drug-likeness (QED) is 0.342. The zero-order valence-electron chi connectivity index (χ0n) is 26.8.